The summed E-state index contributed by atoms with van der Waals surface area (Å²) in [4.78, 5) is 8.76. The number of halogens is 3. The quantitative estimate of drug-likeness (QED) is 0.637. The third-order valence-corrected chi connectivity index (χ3v) is 3.40. The van der Waals surface area contributed by atoms with E-state index in [2.05, 4.69) is 25.9 Å². The lowest BCUT2D eigenvalue weighted by molar-refractivity contribution is 0.445. The van der Waals surface area contributed by atoms with Crippen LogP contribution >= 0.6 is 39.1 Å². The van der Waals surface area contributed by atoms with E-state index in [0.717, 1.165) is 0 Å². The average Bonchev–Trinajstić information content (AvgIpc) is 2.32. The number of nitrogens with zero attached hydrogens (tertiary/aromatic N) is 2. The highest BCUT2D eigenvalue weighted by Crippen LogP contribution is 2.32. The topological polar surface area (TPSA) is 35.0 Å². The Morgan fingerprint density at radius 2 is 1.80 bits per heavy atom. The number of hydrogen-bond acceptors (Lipinski definition) is 3. The van der Waals surface area contributed by atoms with Gasteiger partial charge in [-0.1, -0.05) is 44.0 Å². The molecule has 1 aromatic carbocycles. The first-order valence-electron chi connectivity index (χ1n) is 5.94. The zero-order valence-corrected chi connectivity index (χ0v) is 14.3. The van der Waals surface area contributed by atoms with E-state index in [1.54, 1.807) is 24.3 Å². The second kappa shape index (κ2) is 5.88. The van der Waals surface area contributed by atoms with Gasteiger partial charge in [-0.15, -0.1) is 0 Å². The van der Waals surface area contributed by atoms with E-state index in [4.69, 9.17) is 27.9 Å². The average molecular weight is 376 g/mol. The van der Waals surface area contributed by atoms with Crippen molar-refractivity contribution < 1.29 is 4.74 Å². The molecule has 1 aromatic heterocycles. The number of ether oxygens (including phenoxy) is 1. The van der Waals surface area contributed by atoms with Crippen LogP contribution in [0, 0.1) is 0 Å². The third-order valence-electron chi connectivity index (χ3n) is 2.45. The van der Waals surface area contributed by atoms with Crippen LogP contribution in [0.4, 0.5) is 0 Å². The Kier molecular flexibility index (Phi) is 4.57. The van der Waals surface area contributed by atoms with Gasteiger partial charge in [-0.2, -0.15) is 4.98 Å². The summed E-state index contributed by atoms with van der Waals surface area (Å²) in [6, 6.07) is 6.72. The molecule has 106 valence electrons. The van der Waals surface area contributed by atoms with E-state index in [1.807, 2.05) is 20.8 Å². The standard InChI is InChI=1S/C14H13BrCl2N2O/c1-14(2,3)13-18-11(15)7-12(19-13)20-10-6-8(16)4-5-9(10)17/h4-7H,1-3H3. The summed E-state index contributed by atoms with van der Waals surface area (Å²) < 4.78 is 6.37. The lowest BCUT2D eigenvalue weighted by Crippen LogP contribution is -2.16. The summed E-state index contributed by atoms with van der Waals surface area (Å²) in [5, 5.41) is 1.02. The Balaban J connectivity index is 2.39. The highest BCUT2D eigenvalue weighted by molar-refractivity contribution is 9.10. The van der Waals surface area contributed by atoms with Gasteiger partial charge in [0.15, 0.2) is 0 Å². The van der Waals surface area contributed by atoms with Gasteiger partial charge in [0.05, 0.1) is 5.02 Å². The Bertz CT molecular complexity index is 642. The first kappa shape index (κ1) is 15.5. The molecule has 0 spiro atoms. The molecule has 0 saturated carbocycles. The monoisotopic (exact) mass is 374 g/mol. The molecular weight excluding hydrogens is 363 g/mol. The summed E-state index contributed by atoms with van der Waals surface area (Å²) in [5.74, 6) is 1.56. The van der Waals surface area contributed by atoms with E-state index in [1.165, 1.54) is 0 Å². The maximum Gasteiger partial charge on any atom is 0.223 e. The van der Waals surface area contributed by atoms with E-state index >= 15 is 0 Å². The molecule has 0 amide bonds. The molecule has 2 rings (SSSR count). The fraction of sp³-hybridized carbons (Fsp3) is 0.286. The number of benzene rings is 1. The van der Waals surface area contributed by atoms with Gasteiger partial charge in [0.1, 0.15) is 16.2 Å². The van der Waals surface area contributed by atoms with Crippen LogP contribution in [-0.2, 0) is 5.41 Å². The smallest absolute Gasteiger partial charge is 0.223 e. The van der Waals surface area contributed by atoms with Gasteiger partial charge in [0, 0.05) is 22.6 Å². The van der Waals surface area contributed by atoms with Crippen molar-refractivity contribution in [1.29, 1.82) is 0 Å². The fourth-order valence-electron chi connectivity index (χ4n) is 1.45. The summed E-state index contributed by atoms with van der Waals surface area (Å²) in [6.07, 6.45) is 0. The third kappa shape index (κ3) is 3.84. The Labute approximate surface area is 136 Å². The molecule has 6 heteroatoms. The molecular formula is C14H13BrCl2N2O. The molecule has 3 nitrogen and oxygen atoms in total. The number of aromatic nitrogens is 2. The minimum atomic E-state index is -0.181. The van der Waals surface area contributed by atoms with E-state index in [-0.39, 0.29) is 5.41 Å². The van der Waals surface area contributed by atoms with Crippen LogP contribution in [0.15, 0.2) is 28.9 Å². The zero-order valence-electron chi connectivity index (χ0n) is 11.2. The van der Waals surface area contributed by atoms with E-state index < -0.39 is 0 Å². The normalized spacial score (nSPS) is 11.5. The van der Waals surface area contributed by atoms with Crippen LogP contribution in [0.5, 0.6) is 11.6 Å². The summed E-state index contributed by atoms with van der Waals surface area (Å²) in [5.41, 5.74) is -0.181. The predicted molar refractivity (Wildman–Crippen MR) is 85.0 cm³/mol. The molecule has 0 aliphatic heterocycles. The fourth-order valence-corrected chi connectivity index (χ4v) is 2.13. The summed E-state index contributed by atoms with van der Waals surface area (Å²) in [6.45, 7) is 6.10. The Morgan fingerprint density at radius 3 is 2.45 bits per heavy atom. The van der Waals surface area contributed by atoms with Gasteiger partial charge < -0.3 is 4.74 Å². The maximum atomic E-state index is 6.08. The van der Waals surface area contributed by atoms with Crippen molar-refractivity contribution in [2.45, 2.75) is 26.2 Å². The molecule has 0 fully saturated rings. The molecule has 20 heavy (non-hydrogen) atoms. The zero-order chi connectivity index (χ0) is 14.9. The number of rotatable bonds is 2. The molecule has 0 aliphatic carbocycles. The van der Waals surface area contributed by atoms with Gasteiger partial charge in [0.2, 0.25) is 5.88 Å². The maximum absolute atomic E-state index is 6.08. The molecule has 2 aromatic rings. The Hall–Kier alpha value is -0.840. The van der Waals surface area contributed by atoms with Crippen LogP contribution in [0.3, 0.4) is 0 Å². The van der Waals surface area contributed by atoms with Gasteiger partial charge in [-0.25, -0.2) is 4.98 Å². The van der Waals surface area contributed by atoms with E-state index in [9.17, 15) is 0 Å². The van der Waals surface area contributed by atoms with E-state index in [0.29, 0.717) is 32.1 Å². The highest BCUT2D eigenvalue weighted by Gasteiger charge is 2.19. The van der Waals surface area contributed by atoms with Crippen molar-refractivity contribution in [3.05, 3.63) is 44.7 Å². The first-order chi connectivity index (χ1) is 9.25. The van der Waals surface area contributed by atoms with Crippen LogP contribution in [-0.4, -0.2) is 9.97 Å². The van der Waals surface area contributed by atoms with Crippen LogP contribution < -0.4 is 4.74 Å². The van der Waals surface area contributed by atoms with Crippen LogP contribution in [0.1, 0.15) is 26.6 Å². The van der Waals surface area contributed by atoms with Crippen molar-refractivity contribution in [2.75, 3.05) is 0 Å². The lowest BCUT2D eigenvalue weighted by Gasteiger charge is -2.17. The van der Waals surface area contributed by atoms with Crippen molar-refractivity contribution in [2.24, 2.45) is 0 Å². The molecule has 1 heterocycles. The molecule has 0 unspecified atom stereocenters. The second-order valence-electron chi connectivity index (χ2n) is 5.28. The highest BCUT2D eigenvalue weighted by atomic mass is 79.9. The van der Waals surface area contributed by atoms with Crippen molar-refractivity contribution in [3.8, 4) is 11.6 Å². The van der Waals surface area contributed by atoms with Crippen molar-refractivity contribution >= 4 is 39.1 Å². The molecule has 0 atom stereocenters. The van der Waals surface area contributed by atoms with Gasteiger partial charge in [0.25, 0.3) is 0 Å². The largest absolute Gasteiger partial charge is 0.437 e. The van der Waals surface area contributed by atoms with Gasteiger partial charge in [-0.05, 0) is 28.1 Å². The molecule has 0 N–H and O–H groups in total. The molecule has 0 saturated heterocycles. The Morgan fingerprint density at radius 1 is 1.10 bits per heavy atom. The van der Waals surface area contributed by atoms with Crippen molar-refractivity contribution in [3.63, 3.8) is 0 Å². The van der Waals surface area contributed by atoms with Gasteiger partial charge >= 0.3 is 0 Å². The lowest BCUT2D eigenvalue weighted by atomic mass is 9.96. The molecule has 0 aliphatic rings. The van der Waals surface area contributed by atoms with Crippen LogP contribution in [0.2, 0.25) is 10.0 Å². The van der Waals surface area contributed by atoms with Gasteiger partial charge in [-0.3, -0.25) is 0 Å². The summed E-state index contributed by atoms with van der Waals surface area (Å²) in [7, 11) is 0. The SMILES string of the molecule is CC(C)(C)c1nc(Br)cc(Oc2cc(Cl)ccc2Cl)n1. The molecule has 0 radical (unpaired) electrons. The van der Waals surface area contributed by atoms with Crippen molar-refractivity contribution in [1.82, 2.24) is 9.97 Å². The van der Waals surface area contributed by atoms with Crippen LogP contribution in [0.25, 0.3) is 0 Å². The molecule has 0 bridgehead atoms. The number of hydrogen-bond donors (Lipinski definition) is 0. The minimum absolute atomic E-state index is 0.181. The summed E-state index contributed by atoms with van der Waals surface area (Å²) >= 11 is 15.4. The predicted octanol–water partition coefficient (Wildman–Crippen LogP) is 5.64. The second-order valence-corrected chi connectivity index (χ2v) is 6.94. The first-order valence-corrected chi connectivity index (χ1v) is 7.48. The minimum Gasteiger partial charge on any atom is -0.437 e.